The van der Waals surface area contributed by atoms with Crippen LogP contribution in [-0.2, 0) is 19.5 Å². The summed E-state index contributed by atoms with van der Waals surface area (Å²) in [4.78, 5) is 4.99. The molecule has 2 aromatic rings. The van der Waals surface area contributed by atoms with Crippen molar-refractivity contribution in [2.45, 2.75) is 45.8 Å². The molecule has 1 saturated heterocycles. The second-order valence-electron chi connectivity index (χ2n) is 7.84. The molecule has 5 heteroatoms. The fourth-order valence-electron chi connectivity index (χ4n) is 3.80. The number of hydrogen-bond acceptors (Lipinski definition) is 4. The van der Waals surface area contributed by atoms with Gasteiger partial charge in [0.15, 0.2) is 0 Å². The number of aromatic amines is 1. The van der Waals surface area contributed by atoms with Crippen LogP contribution in [0.3, 0.4) is 0 Å². The second kappa shape index (κ2) is 9.31. The van der Waals surface area contributed by atoms with E-state index in [9.17, 15) is 5.11 Å². The van der Waals surface area contributed by atoms with E-state index in [1.54, 1.807) is 0 Å². The zero-order valence-electron chi connectivity index (χ0n) is 16.1. The summed E-state index contributed by atoms with van der Waals surface area (Å²) < 4.78 is 0. The number of hydrogen-bond donors (Lipinski definition) is 2. The highest BCUT2D eigenvalue weighted by atomic mass is 16.3. The third-order valence-electron chi connectivity index (χ3n) is 5.07. The summed E-state index contributed by atoms with van der Waals surface area (Å²) in [5.74, 6) is 0.626. The minimum absolute atomic E-state index is 0.242. The average Bonchev–Trinajstić information content (AvgIpc) is 3.04. The van der Waals surface area contributed by atoms with Gasteiger partial charge in [0.1, 0.15) is 0 Å². The van der Waals surface area contributed by atoms with Gasteiger partial charge in [-0.05, 0) is 30.4 Å². The molecule has 1 fully saturated rings. The maximum absolute atomic E-state index is 9.50. The molecule has 1 unspecified atom stereocenters. The summed E-state index contributed by atoms with van der Waals surface area (Å²) in [7, 11) is 0. The first-order chi connectivity index (χ1) is 12.6. The number of aliphatic hydroxyl groups is 1. The molecular formula is C21H32N4O. The molecule has 0 amide bonds. The van der Waals surface area contributed by atoms with Gasteiger partial charge < -0.3 is 5.11 Å². The Bertz CT molecular complexity index is 655. The first kappa shape index (κ1) is 19.1. The molecule has 1 aliphatic rings. The van der Waals surface area contributed by atoms with Gasteiger partial charge in [0.2, 0.25) is 0 Å². The molecule has 1 aromatic heterocycles. The molecular weight excluding hydrogens is 324 g/mol. The molecule has 5 nitrogen and oxygen atoms in total. The quantitative estimate of drug-likeness (QED) is 0.764. The third kappa shape index (κ3) is 5.40. The molecule has 2 N–H and O–H groups in total. The van der Waals surface area contributed by atoms with Crippen molar-refractivity contribution < 1.29 is 5.11 Å². The zero-order chi connectivity index (χ0) is 18.4. The van der Waals surface area contributed by atoms with E-state index in [0.29, 0.717) is 12.0 Å². The molecule has 1 aliphatic heterocycles. The Balaban J connectivity index is 1.57. The number of piperazine rings is 1. The molecule has 0 saturated carbocycles. The van der Waals surface area contributed by atoms with Crippen LogP contribution >= 0.6 is 0 Å². The maximum Gasteiger partial charge on any atom is 0.0628 e. The summed E-state index contributed by atoms with van der Waals surface area (Å²) in [6.07, 6.45) is 1.85. The highest BCUT2D eigenvalue weighted by Gasteiger charge is 2.26. The van der Waals surface area contributed by atoms with Crippen LogP contribution in [0.4, 0.5) is 0 Å². The van der Waals surface area contributed by atoms with Crippen LogP contribution in [-0.4, -0.2) is 57.4 Å². The number of aromatic nitrogens is 2. The third-order valence-corrected chi connectivity index (χ3v) is 5.07. The second-order valence-corrected chi connectivity index (χ2v) is 7.84. The lowest BCUT2D eigenvalue weighted by Gasteiger charge is -2.41. The molecule has 1 aromatic carbocycles. The molecule has 0 radical (unpaired) electrons. The van der Waals surface area contributed by atoms with Crippen LogP contribution in [0.25, 0.3) is 0 Å². The van der Waals surface area contributed by atoms with E-state index in [0.717, 1.165) is 51.3 Å². The average molecular weight is 357 g/mol. The van der Waals surface area contributed by atoms with E-state index in [1.807, 2.05) is 0 Å². The van der Waals surface area contributed by atoms with Crippen LogP contribution in [0.2, 0.25) is 0 Å². The number of benzene rings is 1. The van der Waals surface area contributed by atoms with Gasteiger partial charge in [-0.15, -0.1) is 0 Å². The highest BCUT2D eigenvalue weighted by molar-refractivity contribution is 5.15. The van der Waals surface area contributed by atoms with E-state index in [2.05, 4.69) is 70.2 Å². The number of rotatable bonds is 8. The SMILES string of the molecule is CC(C)Cc1cc(CN2CCN(Cc3ccccc3)C(CCO)C2)[nH]n1. The Morgan fingerprint density at radius 2 is 2.00 bits per heavy atom. The lowest BCUT2D eigenvalue weighted by atomic mass is 10.1. The summed E-state index contributed by atoms with van der Waals surface area (Å²) in [5, 5.41) is 17.2. The lowest BCUT2D eigenvalue weighted by Crippen LogP contribution is -2.52. The molecule has 0 bridgehead atoms. The highest BCUT2D eigenvalue weighted by Crippen LogP contribution is 2.18. The number of nitrogens with zero attached hydrogens (tertiary/aromatic N) is 3. The van der Waals surface area contributed by atoms with E-state index >= 15 is 0 Å². The fraction of sp³-hybridized carbons (Fsp3) is 0.571. The van der Waals surface area contributed by atoms with Gasteiger partial charge in [-0.2, -0.15) is 5.10 Å². The fourth-order valence-corrected chi connectivity index (χ4v) is 3.80. The molecule has 0 spiro atoms. The summed E-state index contributed by atoms with van der Waals surface area (Å²) in [6.45, 7) is 9.63. The molecule has 1 atom stereocenters. The van der Waals surface area contributed by atoms with Crippen molar-refractivity contribution in [3.63, 3.8) is 0 Å². The number of nitrogens with one attached hydrogen (secondary N) is 1. The van der Waals surface area contributed by atoms with Gasteiger partial charge >= 0.3 is 0 Å². The predicted octanol–water partition coefficient (Wildman–Crippen LogP) is 2.68. The largest absolute Gasteiger partial charge is 0.396 e. The van der Waals surface area contributed by atoms with Crippen LogP contribution in [0.5, 0.6) is 0 Å². The normalized spacial score (nSPS) is 19.3. The van der Waals surface area contributed by atoms with Crippen molar-refractivity contribution in [3.8, 4) is 0 Å². The standard InChI is InChI=1S/C21H32N4O/c1-17(2)12-19-13-20(23-22-19)15-24-9-10-25(21(16-24)8-11-26)14-18-6-4-3-5-7-18/h3-7,13,17,21,26H,8-12,14-16H2,1-2H3,(H,22,23). The molecule has 2 heterocycles. The van der Waals surface area contributed by atoms with Crippen molar-refractivity contribution in [2.75, 3.05) is 26.2 Å². The Hall–Kier alpha value is -1.69. The van der Waals surface area contributed by atoms with Gasteiger partial charge in [-0.1, -0.05) is 44.2 Å². The van der Waals surface area contributed by atoms with Gasteiger partial charge in [0.05, 0.1) is 5.69 Å². The van der Waals surface area contributed by atoms with Crippen molar-refractivity contribution in [3.05, 3.63) is 53.3 Å². The summed E-state index contributed by atoms with van der Waals surface area (Å²) in [5.41, 5.74) is 3.69. The van der Waals surface area contributed by atoms with Crippen molar-refractivity contribution in [1.29, 1.82) is 0 Å². The number of aliphatic hydroxyl groups excluding tert-OH is 1. The van der Waals surface area contributed by atoms with Crippen LogP contribution in [0.15, 0.2) is 36.4 Å². The predicted molar refractivity (Wildman–Crippen MR) is 105 cm³/mol. The Morgan fingerprint density at radius 3 is 2.73 bits per heavy atom. The van der Waals surface area contributed by atoms with E-state index in [-0.39, 0.29) is 6.61 Å². The van der Waals surface area contributed by atoms with Crippen molar-refractivity contribution in [1.82, 2.24) is 20.0 Å². The lowest BCUT2D eigenvalue weighted by molar-refractivity contribution is 0.0494. The Labute approximate surface area is 157 Å². The molecule has 0 aliphatic carbocycles. The molecule has 26 heavy (non-hydrogen) atoms. The van der Waals surface area contributed by atoms with E-state index in [1.165, 1.54) is 11.3 Å². The Kier molecular flexibility index (Phi) is 6.83. The molecule has 142 valence electrons. The Morgan fingerprint density at radius 1 is 1.19 bits per heavy atom. The first-order valence-electron chi connectivity index (χ1n) is 9.78. The van der Waals surface area contributed by atoms with Crippen molar-refractivity contribution >= 4 is 0 Å². The topological polar surface area (TPSA) is 55.4 Å². The van der Waals surface area contributed by atoms with Crippen LogP contribution in [0.1, 0.15) is 37.2 Å². The summed E-state index contributed by atoms with van der Waals surface area (Å²) in [6, 6.07) is 13.2. The maximum atomic E-state index is 9.50. The smallest absolute Gasteiger partial charge is 0.0628 e. The number of H-pyrrole nitrogens is 1. The zero-order valence-corrected chi connectivity index (χ0v) is 16.1. The van der Waals surface area contributed by atoms with Gasteiger partial charge in [-0.25, -0.2) is 0 Å². The van der Waals surface area contributed by atoms with Gasteiger partial charge in [-0.3, -0.25) is 14.9 Å². The van der Waals surface area contributed by atoms with Crippen LogP contribution in [0, 0.1) is 5.92 Å². The molecule has 3 rings (SSSR count). The summed E-state index contributed by atoms with van der Waals surface area (Å²) >= 11 is 0. The van der Waals surface area contributed by atoms with Gasteiger partial charge in [0, 0.05) is 51.1 Å². The van der Waals surface area contributed by atoms with Gasteiger partial charge in [0.25, 0.3) is 0 Å². The van der Waals surface area contributed by atoms with Crippen molar-refractivity contribution in [2.24, 2.45) is 5.92 Å². The minimum Gasteiger partial charge on any atom is -0.396 e. The van der Waals surface area contributed by atoms with Crippen LogP contribution < -0.4 is 0 Å². The monoisotopic (exact) mass is 356 g/mol. The minimum atomic E-state index is 0.242. The van der Waals surface area contributed by atoms with E-state index in [4.69, 9.17) is 0 Å². The van der Waals surface area contributed by atoms with E-state index < -0.39 is 0 Å². The first-order valence-corrected chi connectivity index (χ1v) is 9.78.